The zero-order chi connectivity index (χ0) is 13.3. The molecule has 2 atom stereocenters. The fraction of sp³-hybridized carbons (Fsp3) is 0.417. The molecule has 6 heteroatoms. The SMILES string of the molecule is CCC1c2cccc(OC)c2OC(=O)C1[N+](=O)[O-]. The second-order valence-corrected chi connectivity index (χ2v) is 4.04. The van der Waals surface area contributed by atoms with Crippen LogP contribution in [0.25, 0.3) is 0 Å². The fourth-order valence-electron chi connectivity index (χ4n) is 2.27. The molecule has 0 bridgehead atoms. The van der Waals surface area contributed by atoms with Crippen molar-refractivity contribution in [3.63, 3.8) is 0 Å². The molecule has 1 heterocycles. The van der Waals surface area contributed by atoms with E-state index in [0.29, 0.717) is 23.5 Å². The molecule has 0 spiro atoms. The summed E-state index contributed by atoms with van der Waals surface area (Å²) in [4.78, 5) is 22.1. The Morgan fingerprint density at radius 2 is 2.22 bits per heavy atom. The number of nitro groups is 1. The number of ether oxygens (including phenoxy) is 2. The standard InChI is InChI=1S/C12H13NO5/c1-3-7-8-5-4-6-9(17-2)11(8)18-12(14)10(7)13(15)16/h4-7,10H,3H2,1-2H3. The van der Waals surface area contributed by atoms with Crippen molar-refractivity contribution in [1.29, 1.82) is 0 Å². The van der Waals surface area contributed by atoms with Crippen LogP contribution in [-0.4, -0.2) is 24.0 Å². The van der Waals surface area contributed by atoms with Gasteiger partial charge in [0.15, 0.2) is 11.5 Å². The van der Waals surface area contributed by atoms with E-state index in [4.69, 9.17) is 9.47 Å². The van der Waals surface area contributed by atoms with Crippen LogP contribution in [0, 0.1) is 10.1 Å². The molecule has 1 aromatic carbocycles. The first kappa shape index (κ1) is 12.3. The highest BCUT2D eigenvalue weighted by molar-refractivity contribution is 5.82. The summed E-state index contributed by atoms with van der Waals surface area (Å²) in [5, 5.41) is 11.0. The van der Waals surface area contributed by atoms with Crippen molar-refractivity contribution in [2.24, 2.45) is 0 Å². The van der Waals surface area contributed by atoms with Gasteiger partial charge < -0.3 is 9.47 Å². The van der Waals surface area contributed by atoms with Gasteiger partial charge in [-0.3, -0.25) is 10.1 Å². The van der Waals surface area contributed by atoms with Crippen LogP contribution in [0.3, 0.4) is 0 Å². The third-order valence-corrected chi connectivity index (χ3v) is 3.12. The summed E-state index contributed by atoms with van der Waals surface area (Å²) in [6.07, 6.45) is 0.487. The molecule has 2 unspecified atom stereocenters. The Balaban J connectivity index is 2.55. The van der Waals surface area contributed by atoms with Gasteiger partial charge >= 0.3 is 12.0 Å². The maximum atomic E-state index is 11.7. The van der Waals surface area contributed by atoms with Crippen LogP contribution in [0.4, 0.5) is 0 Å². The second-order valence-electron chi connectivity index (χ2n) is 4.04. The molecule has 0 aliphatic carbocycles. The number of carbonyl (C=O) groups is 1. The molecule has 1 aliphatic rings. The Labute approximate surface area is 104 Å². The monoisotopic (exact) mass is 251 g/mol. The largest absolute Gasteiger partial charge is 0.493 e. The maximum Gasteiger partial charge on any atom is 0.387 e. The molecule has 0 amide bonds. The Bertz CT molecular complexity index is 499. The number of benzene rings is 1. The predicted molar refractivity (Wildman–Crippen MR) is 62.4 cm³/mol. The summed E-state index contributed by atoms with van der Waals surface area (Å²) in [5.74, 6) is -0.591. The van der Waals surface area contributed by atoms with Gasteiger partial charge in [-0.15, -0.1) is 0 Å². The topological polar surface area (TPSA) is 78.7 Å². The molecular weight excluding hydrogens is 238 g/mol. The first-order chi connectivity index (χ1) is 8.60. The van der Waals surface area contributed by atoms with E-state index in [2.05, 4.69) is 0 Å². The third kappa shape index (κ3) is 1.79. The lowest BCUT2D eigenvalue weighted by Gasteiger charge is -2.26. The van der Waals surface area contributed by atoms with Gasteiger partial charge in [-0.1, -0.05) is 19.1 Å². The third-order valence-electron chi connectivity index (χ3n) is 3.12. The van der Waals surface area contributed by atoms with Crippen molar-refractivity contribution in [3.8, 4) is 11.5 Å². The van der Waals surface area contributed by atoms with E-state index >= 15 is 0 Å². The van der Waals surface area contributed by atoms with E-state index in [1.165, 1.54) is 7.11 Å². The number of hydrogen-bond acceptors (Lipinski definition) is 5. The van der Waals surface area contributed by atoms with E-state index in [1.54, 1.807) is 18.2 Å². The fourth-order valence-corrected chi connectivity index (χ4v) is 2.27. The van der Waals surface area contributed by atoms with Crippen molar-refractivity contribution >= 4 is 5.97 Å². The van der Waals surface area contributed by atoms with Gasteiger partial charge in [-0.05, 0) is 12.5 Å². The summed E-state index contributed by atoms with van der Waals surface area (Å²) in [6.45, 7) is 1.81. The number of rotatable bonds is 3. The van der Waals surface area contributed by atoms with Gasteiger partial charge in [0.2, 0.25) is 0 Å². The van der Waals surface area contributed by atoms with E-state index in [1.807, 2.05) is 6.92 Å². The lowest BCUT2D eigenvalue weighted by molar-refractivity contribution is -0.514. The molecule has 0 aromatic heterocycles. The molecule has 0 saturated heterocycles. The average Bonchev–Trinajstić information content (AvgIpc) is 2.35. The Hall–Kier alpha value is -2.11. The van der Waals surface area contributed by atoms with Crippen LogP contribution in [0.2, 0.25) is 0 Å². The summed E-state index contributed by atoms with van der Waals surface area (Å²) >= 11 is 0. The minimum absolute atomic E-state index is 0.301. The highest BCUT2D eigenvalue weighted by atomic mass is 16.6. The van der Waals surface area contributed by atoms with Crippen LogP contribution in [0.15, 0.2) is 18.2 Å². The highest BCUT2D eigenvalue weighted by Gasteiger charge is 2.46. The van der Waals surface area contributed by atoms with E-state index < -0.39 is 22.9 Å². The zero-order valence-corrected chi connectivity index (χ0v) is 10.1. The molecule has 2 rings (SSSR count). The summed E-state index contributed by atoms with van der Waals surface area (Å²) in [7, 11) is 1.46. The lowest BCUT2D eigenvalue weighted by Crippen LogP contribution is -2.42. The van der Waals surface area contributed by atoms with Crippen LogP contribution in [-0.2, 0) is 4.79 Å². The van der Waals surface area contributed by atoms with Crippen LogP contribution in [0.5, 0.6) is 11.5 Å². The lowest BCUT2D eigenvalue weighted by atomic mass is 9.86. The number of fused-ring (bicyclic) bond motifs is 1. The van der Waals surface area contributed by atoms with Crippen molar-refractivity contribution in [1.82, 2.24) is 0 Å². The number of carbonyl (C=O) groups excluding carboxylic acids is 1. The van der Waals surface area contributed by atoms with Crippen molar-refractivity contribution in [2.45, 2.75) is 25.3 Å². The zero-order valence-electron chi connectivity index (χ0n) is 10.1. The van der Waals surface area contributed by atoms with E-state index in [0.717, 1.165) is 0 Å². The number of esters is 1. The highest BCUT2D eigenvalue weighted by Crippen LogP contribution is 2.42. The predicted octanol–water partition coefficient (Wildman–Crippen LogP) is 1.75. The minimum atomic E-state index is -1.34. The molecule has 18 heavy (non-hydrogen) atoms. The Morgan fingerprint density at radius 3 is 2.78 bits per heavy atom. The van der Waals surface area contributed by atoms with Crippen molar-refractivity contribution < 1.29 is 19.2 Å². The molecular formula is C12H13NO5. The second kappa shape index (κ2) is 4.64. The van der Waals surface area contributed by atoms with Crippen LogP contribution in [0.1, 0.15) is 24.8 Å². The summed E-state index contributed by atoms with van der Waals surface area (Å²) in [5.41, 5.74) is 0.651. The van der Waals surface area contributed by atoms with Gasteiger partial charge in [-0.2, -0.15) is 0 Å². The van der Waals surface area contributed by atoms with Crippen molar-refractivity contribution in [2.75, 3.05) is 7.11 Å². The van der Waals surface area contributed by atoms with Crippen LogP contribution < -0.4 is 9.47 Å². The number of para-hydroxylation sites is 1. The molecule has 0 saturated carbocycles. The number of nitrogens with zero attached hydrogens (tertiary/aromatic N) is 1. The maximum absolute atomic E-state index is 11.7. The molecule has 0 radical (unpaired) electrons. The first-order valence-electron chi connectivity index (χ1n) is 5.62. The van der Waals surface area contributed by atoms with E-state index in [9.17, 15) is 14.9 Å². The van der Waals surface area contributed by atoms with Crippen LogP contribution >= 0.6 is 0 Å². The minimum Gasteiger partial charge on any atom is -0.493 e. The Morgan fingerprint density at radius 1 is 1.50 bits per heavy atom. The van der Waals surface area contributed by atoms with E-state index in [-0.39, 0.29) is 0 Å². The number of hydrogen-bond donors (Lipinski definition) is 0. The normalized spacial score (nSPS) is 22.0. The molecule has 0 N–H and O–H groups in total. The Kier molecular flexibility index (Phi) is 3.18. The summed E-state index contributed by atoms with van der Waals surface area (Å²) < 4.78 is 10.2. The molecule has 1 aliphatic heterocycles. The average molecular weight is 251 g/mol. The van der Waals surface area contributed by atoms with Gasteiger partial charge in [0, 0.05) is 10.5 Å². The molecule has 96 valence electrons. The molecule has 6 nitrogen and oxygen atoms in total. The van der Waals surface area contributed by atoms with Gasteiger partial charge in [0.25, 0.3) is 0 Å². The quantitative estimate of drug-likeness (QED) is 0.354. The summed E-state index contributed by atoms with van der Waals surface area (Å²) in [6, 6.07) is 3.78. The van der Waals surface area contributed by atoms with Crippen molar-refractivity contribution in [3.05, 3.63) is 33.9 Å². The van der Waals surface area contributed by atoms with Gasteiger partial charge in [-0.25, -0.2) is 4.79 Å². The van der Waals surface area contributed by atoms with Gasteiger partial charge in [0.1, 0.15) is 0 Å². The van der Waals surface area contributed by atoms with Gasteiger partial charge in [0.05, 0.1) is 13.0 Å². The smallest absolute Gasteiger partial charge is 0.387 e. The first-order valence-corrected chi connectivity index (χ1v) is 5.62. The molecule has 1 aromatic rings. The number of methoxy groups -OCH3 is 1. The molecule has 0 fully saturated rings.